The topological polar surface area (TPSA) is 24.9 Å². The van der Waals surface area contributed by atoms with Crippen molar-refractivity contribution >= 4 is 11.3 Å². The third-order valence-corrected chi connectivity index (χ3v) is 7.78. The zero-order valence-corrected chi connectivity index (χ0v) is 17.0. The maximum Gasteiger partial charge on any atom is 0.0508 e. The van der Waals surface area contributed by atoms with Crippen LogP contribution < -0.4 is 0 Å². The van der Waals surface area contributed by atoms with Crippen molar-refractivity contribution in [3.63, 3.8) is 0 Å². The lowest BCUT2D eigenvalue weighted by atomic mass is 9.71. The number of likely N-dealkylation sites (tertiary alicyclic amines) is 2. The molecule has 1 aromatic heterocycles. The molecule has 146 valence electrons. The Morgan fingerprint density at radius 3 is 2.73 bits per heavy atom. The first-order valence-corrected chi connectivity index (χ1v) is 11.2. The molecular formula is C21H34N2O2S. The molecule has 3 aliphatic rings. The van der Waals surface area contributed by atoms with Crippen LogP contribution in [-0.4, -0.2) is 69.5 Å². The van der Waals surface area contributed by atoms with Crippen LogP contribution in [0.2, 0.25) is 0 Å². The van der Waals surface area contributed by atoms with E-state index in [9.17, 15) is 0 Å². The van der Waals surface area contributed by atoms with E-state index in [1.54, 1.807) is 0 Å². The fraction of sp³-hybridized carbons (Fsp3) is 0.810. The molecule has 1 atom stereocenters. The molecule has 3 fully saturated rings. The standard InChI is InChI=1S/C21H34N2O2S/c1-24-16-19-14-23(13-18-4-10-25-11-5-18)17-21(19)6-8-22(9-7-21)15-20-3-2-12-26-20/h2-3,12,18-19H,4-11,13-17H2,1H3/t19-/m1/s1. The highest BCUT2D eigenvalue weighted by Crippen LogP contribution is 2.45. The van der Waals surface area contributed by atoms with Crippen molar-refractivity contribution in [1.82, 2.24) is 9.80 Å². The molecule has 0 amide bonds. The molecule has 1 spiro atoms. The Morgan fingerprint density at radius 2 is 2.04 bits per heavy atom. The van der Waals surface area contributed by atoms with E-state index in [1.807, 2.05) is 18.4 Å². The minimum absolute atomic E-state index is 0.479. The smallest absolute Gasteiger partial charge is 0.0508 e. The van der Waals surface area contributed by atoms with Crippen LogP contribution in [-0.2, 0) is 16.0 Å². The van der Waals surface area contributed by atoms with E-state index in [1.165, 1.54) is 63.3 Å². The van der Waals surface area contributed by atoms with Crippen LogP contribution in [0.15, 0.2) is 17.5 Å². The monoisotopic (exact) mass is 378 g/mol. The van der Waals surface area contributed by atoms with E-state index in [4.69, 9.17) is 9.47 Å². The molecule has 0 aliphatic carbocycles. The van der Waals surface area contributed by atoms with Gasteiger partial charge in [-0.25, -0.2) is 0 Å². The van der Waals surface area contributed by atoms with Gasteiger partial charge in [0.15, 0.2) is 0 Å². The summed E-state index contributed by atoms with van der Waals surface area (Å²) >= 11 is 1.89. The lowest BCUT2D eigenvalue weighted by molar-refractivity contribution is 0.0338. The van der Waals surface area contributed by atoms with Crippen molar-refractivity contribution in [2.24, 2.45) is 17.3 Å². The molecule has 0 radical (unpaired) electrons. The summed E-state index contributed by atoms with van der Waals surface area (Å²) in [6, 6.07) is 4.44. The van der Waals surface area contributed by atoms with Crippen LogP contribution in [0, 0.1) is 17.3 Å². The molecule has 3 saturated heterocycles. The molecule has 26 heavy (non-hydrogen) atoms. The molecule has 0 aromatic carbocycles. The molecular weight excluding hydrogens is 344 g/mol. The Hall–Kier alpha value is -0.460. The third-order valence-electron chi connectivity index (χ3n) is 6.92. The average molecular weight is 379 g/mol. The van der Waals surface area contributed by atoms with Gasteiger partial charge in [0, 0.05) is 57.3 Å². The van der Waals surface area contributed by atoms with Gasteiger partial charge in [0.25, 0.3) is 0 Å². The Kier molecular flexibility index (Phi) is 6.32. The van der Waals surface area contributed by atoms with Gasteiger partial charge < -0.3 is 14.4 Å². The van der Waals surface area contributed by atoms with Gasteiger partial charge in [0.2, 0.25) is 0 Å². The second-order valence-electron chi connectivity index (χ2n) is 8.62. The minimum Gasteiger partial charge on any atom is -0.384 e. The number of piperidine rings is 1. The molecule has 4 nitrogen and oxygen atoms in total. The Labute approximate surface area is 162 Å². The predicted octanol–water partition coefficient (Wildman–Crippen LogP) is 3.34. The highest BCUT2D eigenvalue weighted by Gasteiger charge is 2.48. The number of ether oxygens (including phenoxy) is 2. The highest BCUT2D eigenvalue weighted by molar-refractivity contribution is 7.09. The van der Waals surface area contributed by atoms with E-state index >= 15 is 0 Å². The maximum atomic E-state index is 5.65. The SMILES string of the molecule is COC[C@H]1CN(CC2CCOCC2)CC12CCN(Cc1cccs1)CC2. The van der Waals surface area contributed by atoms with Gasteiger partial charge in [0.05, 0.1) is 6.61 Å². The predicted molar refractivity (Wildman–Crippen MR) is 107 cm³/mol. The van der Waals surface area contributed by atoms with E-state index in [-0.39, 0.29) is 0 Å². The number of hydrogen-bond acceptors (Lipinski definition) is 5. The second kappa shape index (κ2) is 8.70. The third kappa shape index (κ3) is 4.33. The highest BCUT2D eigenvalue weighted by atomic mass is 32.1. The van der Waals surface area contributed by atoms with Gasteiger partial charge in [-0.3, -0.25) is 4.90 Å². The molecule has 0 saturated carbocycles. The summed E-state index contributed by atoms with van der Waals surface area (Å²) in [5.74, 6) is 1.54. The van der Waals surface area contributed by atoms with Crippen LogP contribution in [0.3, 0.4) is 0 Å². The largest absolute Gasteiger partial charge is 0.384 e. The van der Waals surface area contributed by atoms with Crippen LogP contribution in [0.25, 0.3) is 0 Å². The number of rotatable bonds is 6. The number of nitrogens with zero attached hydrogens (tertiary/aromatic N) is 2. The van der Waals surface area contributed by atoms with Gasteiger partial charge in [-0.1, -0.05) is 6.07 Å². The van der Waals surface area contributed by atoms with Crippen molar-refractivity contribution in [3.8, 4) is 0 Å². The summed E-state index contributed by atoms with van der Waals surface area (Å²) in [7, 11) is 1.88. The Morgan fingerprint density at radius 1 is 1.23 bits per heavy atom. The Bertz CT molecular complexity index is 536. The summed E-state index contributed by atoms with van der Waals surface area (Å²) < 4.78 is 11.2. The second-order valence-corrected chi connectivity index (χ2v) is 9.65. The zero-order valence-electron chi connectivity index (χ0n) is 16.2. The minimum atomic E-state index is 0.479. The van der Waals surface area contributed by atoms with E-state index < -0.39 is 0 Å². The molecule has 5 heteroatoms. The fourth-order valence-electron chi connectivity index (χ4n) is 5.35. The number of hydrogen-bond donors (Lipinski definition) is 0. The fourth-order valence-corrected chi connectivity index (χ4v) is 6.10. The quantitative estimate of drug-likeness (QED) is 0.758. The maximum absolute atomic E-state index is 5.65. The average Bonchev–Trinajstić information content (AvgIpc) is 3.27. The van der Waals surface area contributed by atoms with Crippen LogP contribution in [0.1, 0.15) is 30.6 Å². The molecule has 4 heterocycles. The summed E-state index contributed by atoms with van der Waals surface area (Å²) in [6.07, 6.45) is 5.15. The summed E-state index contributed by atoms with van der Waals surface area (Å²) in [5, 5.41) is 2.19. The van der Waals surface area contributed by atoms with Crippen molar-refractivity contribution in [3.05, 3.63) is 22.4 Å². The van der Waals surface area contributed by atoms with Gasteiger partial charge in [-0.2, -0.15) is 0 Å². The first-order valence-electron chi connectivity index (χ1n) is 10.3. The number of methoxy groups -OCH3 is 1. The first kappa shape index (κ1) is 18.9. The summed E-state index contributed by atoms with van der Waals surface area (Å²) in [5.41, 5.74) is 0.479. The zero-order chi connectivity index (χ0) is 17.8. The molecule has 1 aromatic rings. The summed E-state index contributed by atoms with van der Waals surface area (Å²) in [6.45, 7) is 10.2. The molecule has 3 aliphatic heterocycles. The van der Waals surface area contributed by atoms with E-state index in [2.05, 4.69) is 27.3 Å². The molecule has 0 N–H and O–H groups in total. The van der Waals surface area contributed by atoms with E-state index in [0.717, 1.165) is 32.3 Å². The lowest BCUT2D eigenvalue weighted by Gasteiger charge is -2.42. The normalized spacial score (nSPS) is 28.1. The van der Waals surface area contributed by atoms with Crippen LogP contribution in [0.5, 0.6) is 0 Å². The Balaban J connectivity index is 1.34. The van der Waals surface area contributed by atoms with Gasteiger partial charge >= 0.3 is 0 Å². The van der Waals surface area contributed by atoms with Crippen LogP contribution in [0.4, 0.5) is 0 Å². The van der Waals surface area contributed by atoms with Gasteiger partial charge in [-0.15, -0.1) is 11.3 Å². The van der Waals surface area contributed by atoms with Gasteiger partial charge in [-0.05, 0) is 61.6 Å². The van der Waals surface area contributed by atoms with Crippen LogP contribution >= 0.6 is 11.3 Å². The van der Waals surface area contributed by atoms with E-state index in [0.29, 0.717) is 11.3 Å². The first-order chi connectivity index (χ1) is 12.8. The lowest BCUT2D eigenvalue weighted by Crippen LogP contribution is -2.45. The molecule has 0 bridgehead atoms. The van der Waals surface area contributed by atoms with Crippen molar-refractivity contribution < 1.29 is 9.47 Å². The van der Waals surface area contributed by atoms with Crippen molar-refractivity contribution in [2.45, 2.75) is 32.2 Å². The number of thiophene rings is 1. The molecule has 4 rings (SSSR count). The molecule has 0 unspecified atom stereocenters. The van der Waals surface area contributed by atoms with Crippen molar-refractivity contribution in [2.75, 3.05) is 59.7 Å². The summed E-state index contributed by atoms with van der Waals surface area (Å²) in [4.78, 5) is 6.92. The van der Waals surface area contributed by atoms with Crippen molar-refractivity contribution in [1.29, 1.82) is 0 Å². The van der Waals surface area contributed by atoms with Gasteiger partial charge in [0.1, 0.15) is 0 Å².